The predicted octanol–water partition coefficient (Wildman–Crippen LogP) is 3.60. The van der Waals surface area contributed by atoms with Gasteiger partial charge in [-0.1, -0.05) is 31.2 Å². The lowest BCUT2D eigenvalue weighted by molar-refractivity contribution is -0.384. The minimum Gasteiger partial charge on any atom is -0.258 e. The van der Waals surface area contributed by atoms with Gasteiger partial charge in [0.05, 0.1) is 9.82 Å². The highest BCUT2D eigenvalue weighted by Crippen LogP contribution is 2.18. The van der Waals surface area contributed by atoms with Gasteiger partial charge in [0.25, 0.3) is 5.69 Å². The van der Waals surface area contributed by atoms with Crippen molar-refractivity contribution in [2.24, 2.45) is 0 Å². The fraction of sp³-hybridized carbons (Fsp3) is 0.125. The van der Waals surface area contributed by atoms with E-state index in [1.807, 2.05) is 31.2 Å². The molecule has 0 amide bonds. The third-order valence-electron chi connectivity index (χ3n) is 3.20. The summed E-state index contributed by atoms with van der Waals surface area (Å²) in [5, 5.41) is 11.7. The van der Waals surface area contributed by atoms with Gasteiger partial charge in [-0.3, -0.25) is 10.1 Å². The van der Waals surface area contributed by atoms with Crippen molar-refractivity contribution in [1.82, 2.24) is 0 Å². The Labute approximate surface area is 129 Å². The Balaban J connectivity index is 2.22. The first-order chi connectivity index (χ1) is 10.4. The molecule has 0 unspecified atom stereocenters. The van der Waals surface area contributed by atoms with Crippen molar-refractivity contribution < 1.29 is 13.3 Å². The summed E-state index contributed by atoms with van der Waals surface area (Å²) in [6, 6.07) is 12.4. The van der Waals surface area contributed by atoms with E-state index in [0.717, 1.165) is 17.4 Å². The molecule has 0 saturated heterocycles. The summed E-state index contributed by atoms with van der Waals surface area (Å²) >= 11 is 0. The second kappa shape index (κ2) is 6.53. The van der Waals surface area contributed by atoms with Crippen LogP contribution in [0.5, 0.6) is 0 Å². The second-order valence-corrected chi connectivity index (χ2v) is 6.53. The van der Waals surface area contributed by atoms with E-state index in [0.29, 0.717) is 0 Å². The fourth-order valence-corrected chi connectivity index (χ4v) is 2.88. The summed E-state index contributed by atoms with van der Waals surface area (Å²) in [5.41, 5.74) is 1.82. The maximum atomic E-state index is 12.2. The molecule has 6 heteroatoms. The molecule has 0 aromatic heterocycles. The van der Waals surface area contributed by atoms with E-state index in [4.69, 9.17) is 0 Å². The summed E-state index contributed by atoms with van der Waals surface area (Å²) < 4.78 is 24.3. The number of hydrogen-bond acceptors (Lipinski definition) is 4. The zero-order valence-corrected chi connectivity index (χ0v) is 12.8. The first kappa shape index (κ1) is 15.9. The maximum absolute atomic E-state index is 12.2. The topological polar surface area (TPSA) is 77.3 Å². The Morgan fingerprint density at radius 1 is 1.05 bits per heavy atom. The Bertz CT molecular complexity index is 791. The van der Waals surface area contributed by atoms with Crippen LogP contribution in [0.4, 0.5) is 5.69 Å². The molecule has 2 aromatic carbocycles. The van der Waals surface area contributed by atoms with Gasteiger partial charge in [0.1, 0.15) is 0 Å². The second-order valence-electron chi connectivity index (χ2n) is 4.69. The molecule has 0 N–H and O–H groups in total. The van der Waals surface area contributed by atoms with Crippen LogP contribution < -0.4 is 0 Å². The van der Waals surface area contributed by atoms with Gasteiger partial charge in [-0.05, 0) is 35.8 Å². The zero-order chi connectivity index (χ0) is 16.2. The molecule has 0 heterocycles. The van der Waals surface area contributed by atoms with Crippen molar-refractivity contribution in [3.63, 3.8) is 0 Å². The van der Waals surface area contributed by atoms with Crippen molar-refractivity contribution in [2.75, 3.05) is 0 Å². The van der Waals surface area contributed by atoms with Crippen LogP contribution in [0.25, 0.3) is 6.08 Å². The number of aryl methyl sites for hydroxylation is 1. The first-order valence-electron chi connectivity index (χ1n) is 6.69. The van der Waals surface area contributed by atoms with E-state index < -0.39 is 14.8 Å². The Kier molecular flexibility index (Phi) is 4.72. The van der Waals surface area contributed by atoms with Crippen LogP contribution in [-0.2, 0) is 16.3 Å². The van der Waals surface area contributed by atoms with Crippen LogP contribution >= 0.6 is 0 Å². The standard InChI is InChI=1S/C16H15NO4S/c1-2-13-3-5-14(6-4-13)11-12-22(20,21)16-9-7-15(8-10-16)17(18)19/h3-12H,2H2,1H3/b12-11+. The van der Waals surface area contributed by atoms with Crippen LogP contribution in [0, 0.1) is 10.1 Å². The molecule has 0 spiro atoms. The van der Waals surface area contributed by atoms with Crippen LogP contribution in [0.3, 0.4) is 0 Å². The van der Waals surface area contributed by atoms with E-state index in [9.17, 15) is 18.5 Å². The van der Waals surface area contributed by atoms with E-state index in [2.05, 4.69) is 0 Å². The molecule has 2 rings (SSSR count). The molecule has 0 bridgehead atoms. The average Bonchev–Trinajstić information content (AvgIpc) is 2.53. The van der Waals surface area contributed by atoms with Crippen molar-refractivity contribution in [3.8, 4) is 0 Å². The van der Waals surface area contributed by atoms with Gasteiger partial charge in [-0.25, -0.2) is 8.42 Å². The summed E-state index contributed by atoms with van der Waals surface area (Å²) in [4.78, 5) is 10.0. The Morgan fingerprint density at radius 3 is 2.14 bits per heavy atom. The van der Waals surface area contributed by atoms with Crippen LogP contribution in [0.15, 0.2) is 58.8 Å². The van der Waals surface area contributed by atoms with Gasteiger partial charge in [0, 0.05) is 17.5 Å². The minimum absolute atomic E-state index is 0.0273. The highest BCUT2D eigenvalue weighted by Gasteiger charge is 2.12. The molecule has 114 valence electrons. The van der Waals surface area contributed by atoms with Gasteiger partial charge >= 0.3 is 0 Å². The largest absolute Gasteiger partial charge is 0.269 e. The fourth-order valence-electron chi connectivity index (χ4n) is 1.87. The number of rotatable bonds is 5. The molecule has 0 aliphatic carbocycles. The predicted molar refractivity (Wildman–Crippen MR) is 85.1 cm³/mol. The Morgan fingerprint density at radius 2 is 1.64 bits per heavy atom. The summed E-state index contributed by atoms with van der Waals surface area (Å²) in [6.45, 7) is 2.05. The van der Waals surface area contributed by atoms with Crippen molar-refractivity contribution >= 4 is 21.6 Å². The third kappa shape index (κ3) is 3.79. The lowest BCUT2D eigenvalue weighted by Crippen LogP contribution is -1.96. The van der Waals surface area contributed by atoms with Crippen LogP contribution in [-0.4, -0.2) is 13.3 Å². The molecular formula is C16H15NO4S. The van der Waals surface area contributed by atoms with E-state index in [1.54, 1.807) is 0 Å². The van der Waals surface area contributed by atoms with Crippen molar-refractivity contribution in [3.05, 3.63) is 75.2 Å². The molecule has 0 atom stereocenters. The first-order valence-corrected chi connectivity index (χ1v) is 8.23. The lowest BCUT2D eigenvalue weighted by atomic mass is 10.1. The number of nitrogens with zero attached hydrogens (tertiary/aromatic N) is 1. The molecule has 0 radical (unpaired) electrons. The molecule has 5 nitrogen and oxygen atoms in total. The zero-order valence-electron chi connectivity index (χ0n) is 12.0. The SMILES string of the molecule is CCc1ccc(/C=C/S(=O)(=O)c2ccc([N+](=O)[O-])cc2)cc1. The normalized spacial score (nSPS) is 11.7. The van der Waals surface area contributed by atoms with Crippen LogP contribution in [0.1, 0.15) is 18.1 Å². The van der Waals surface area contributed by atoms with Gasteiger partial charge in [0.2, 0.25) is 0 Å². The number of non-ortho nitro benzene ring substituents is 1. The van der Waals surface area contributed by atoms with Crippen molar-refractivity contribution in [2.45, 2.75) is 18.2 Å². The van der Waals surface area contributed by atoms with Crippen LogP contribution in [0.2, 0.25) is 0 Å². The number of nitro benzene ring substituents is 1. The average molecular weight is 317 g/mol. The monoisotopic (exact) mass is 317 g/mol. The lowest BCUT2D eigenvalue weighted by Gasteiger charge is -2.00. The highest BCUT2D eigenvalue weighted by molar-refractivity contribution is 7.94. The molecule has 22 heavy (non-hydrogen) atoms. The summed E-state index contributed by atoms with van der Waals surface area (Å²) in [5.74, 6) is 0. The molecule has 0 aliphatic heterocycles. The molecule has 0 fully saturated rings. The Hall–Kier alpha value is -2.47. The number of benzene rings is 2. The van der Waals surface area contributed by atoms with E-state index in [-0.39, 0.29) is 10.6 Å². The molecule has 2 aromatic rings. The van der Waals surface area contributed by atoms with Crippen molar-refractivity contribution in [1.29, 1.82) is 0 Å². The number of sulfone groups is 1. The third-order valence-corrected chi connectivity index (χ3v) is 4.63. The summed E-state index contributed by atoms with van der Waals surface area (Å²) in [6.07, 6.45) is 2.43. The molecule has 0 aliphatic rings. The molecule has 0 saturated carbocycles. The number of hydrogen-bond donors (Lipinski definition) is 0. The van der Waals surface area contributed by atoms with Gasteiger partial charge < -0.3 is 0 Å². The molecular weight excluding hydrogens is 302 g/mol. The maximum Gasteiger partial charge on any atom is 0.269 e. The van der Waals surface area contributed by atoms with Gasteiger partial charge in [0.15, 0.2) is 9.84 Å². The number of nitro groups is 1. The highest BCUT2D eigenvalue weighted by atomic mass is 32.2. The van der Waals surface area contributed by atoms with Gasteiger partial charge in [-0.15, -0.1) is 0 Å². The summed E-state index contributed by atoms with van der Waals surface area (Å²) in [7, 11) is -3.62. The van der Waals surface area contributed by atoms with E-state index >= 15 is 0 Å². The van der Waals surface area contributed by atoms with E-state index in [1.165, 1.54) is 35.9 Å². The minimum atomic E-state index is -3.62. The smallest absolute Gasteiger partial charge is 0.258 e. The van der Waals surface area contributed by atoms with Gasteiger partial charge in [-0.2, -0.15) is 0 Å². The quantitative estimate of drug-likeness (QED) is 0.623.